The Labute approximate surface area is 105 Å². The lowest BCUT2D eigenvalue weighted by Gasteiger charge is -2.09. The average Bonchev–Trinajstić information content (AvgIpc) is 2.17. The number of nitrogens with zero attached hydrogens (tertiary/aromatic N) is 1. The molecule has 6 nitrogen and oxygen atoms in total. The molecule has 0 atom stereocenters. The quantitative estimate of drug-likeness (QED) is 0.484. The van der Waals surface area contributed by atoms with Gasteiger partial charge in [0.2, 0.25) is 5.75 Å². The Kier molecular flexibility index (Phi) is 4.07. The molecular weight excluding hydrogens is 296 g/mol. The summed E-state index contributed by atoms with van der Waals surface area (Å²) in [6, 6.07) is 1.47. The van der Waals surface area contributed by atoms with Gasteiger partial charge in [-0.1, -0.05) is 0 Å². The first-order chi connectivity index (χ1) is 8.12. The van der Waals surface area contributed by atoms with Crippen LogP contribution in [0.5, 0.6) is 5.75 Å². The van der Waals surface area contributed by atoms with Gasteiger partial charge in [-0.25, -0.2) is 8.42 Å². The Morgan fingerprint density at radius 1 is 1.44 bits per heavy atom. The highest BCUT2D eigenvalue weighted by Gasteiger charge is 2.25. The Hall–Kier alpha value is -1.48. The largest absolute Gasteiger partial charge is 0.427 e. The van der Waals surface area contributed by atoms with Gasteiger partial charge in [-0.3, -0.25) is 10.1 Å². The molecule has 1 aromatic rings. The van der Waals surface area contributed by atoms with E-state index >= 15 is 0 Å². The summed E-state index contributed by atoms with van der Waals surface area (Å²) in [5.74, 6) is -0.695. The molecule has 0 heterocycles. The zero-order chi connectivity index (χ0) is 14.1. The third-order valence-electron chi connectivity index (χ3n) is 1.91. The Morgan fingerprint density at radius 3 is 2.39 bits per heavy atom. The molecule has 0 aliphatic heterocycles. The minimum atomic E-state index is -4.20. The number of aryl methyl sites for hydroxylation is 1. The maximum absolute atomic E-state index is 12.1. The summed E-state index contributed by atoms with van der Waals surface area (Å²) in [5, 5.41) is 10.7. The van der Waals surface area contributed by atoms with Gasteiger partial charge < -0.3 is 4.74 Å². The second kappa shape index (κ2) is 5.02. The first-order valence-corrected chi connectivity index (χ1v) is 6.62. The summed E-state index contributed by atoms with van der Waals surface area (Å²) in [6.45, 7) is -2.07. The van der Waals surface area contributed by atoms with Crippen LogP contribution in [0.15, 0.2) is 17.0 Å². The number of benzene rings is 1. The zero-order valence-electron chi connectivity index (χ0n) is 8.76. The number of ether oxygens (including phenoxy) is 1. The molecular formula is C8H6ClF2NO5S. The third-order valence-corrected chi connectivity index (χ3v) is 3.25. The van der Waals surface area contributed by atoms with Crippen LogP contribution in [0.4, 0.5) is 14.5 Å². The first kappa shape index (κ1) is 14.6. The van der Waals surface area contributed by atoms with Crippen molar-refractivity contribution in [1.82, 2.24) is 0 Å². The molecule has 0 saturated carbocycles. The lowest BCUT2D eigenvalue weighted by Crippen LogP contribution is -2.07. The van der Waals surface area contributed by atoms with Crippen LogP contribution in [0, 0.1) is 17.0 Å². The summed E-state index contributed by atoms with van der Waals surface area (Å²) in [4.78, 5) is 9.09. The lowest BCUT2D eigenvalue weighted by molar-refractivity contribution is -0.386. The van der Waals surface area contributed by atoms with Gasteiger partial charge in [-0.05, 0) is 18.6 Å². The topological polar surface area (TPSA) is 86.5 Å². The van der Waals surface area contributed by atoms with E-state index in [2.05, 4.69) is 4.74 Å². The molecule has 0 spiro atoms. The maximum Gasteiger partial charge on any atom is 0.387 e. The standard InChI is InChI=1S/C8H6ClF2NO5S/c1-4-2-5(18(9,15)16)3-6(12(13)14)7(4)17-8(10)11/h2-3,8H,1H3. The fourth-order valence-corrected chi connectivity index (χ4v) is 2.08. The van der Waals surface area contributed by atoms with Gasteiger partial charge in [0.25, 0.3) is 9.05 Å². The maximum atomic E-state index is 12.1. The minimum absolute atomic E-state index is 0.135. The van der Waals surface area contributed by atoms with Crippen LogP contribution in [-0.2, 0) is 9.05 Å². The predicted octanol–water partition coefficient (Wildman–Crippen LogP) is 2.43. The second-order valence-electron chi connectivity index (χ2n) is 3.16. The summed E-state index contributed by atoms with van der Waals surface area (Å²) < 4.78 is 50.3. The monoisotopic (exact) mass is 301 g/mol. The summed E-state index contributed by atoms with van der Waals surface area (Å²) in [7, 11) is 0.824. The van der Waals surface area contributed by atoms with E-state index in [0.717, 1.165) is 6.07 Å². The fraction of sp³-hybridized carbons (Fsp3) is 0.250. The normalized spacial score (nSPS) is 11.6. The van der Waals surface area contributed by atoms with Gasteiger partial charge in [0, 0.05) is 16.7 Å². The molecule has 0 amide bonds. The molecule has 0 N–H and O–H groups in total. The number of nitro benzene ring substituents is 1. The van der Waals surface area contributed by atoms with Crippen molar-refractivity contribution in [2.45, 2.75) is 18.4 Å². The van der Waals surface area contributed by atoms with Crippen molar-refractivity contribution in [3.05, 3.63) is 27.8 Å². The van der Waals surface area contributed by atoms with Gasteiger partial charge in [-0.15, -0.1) is 0 Å². The number of alkyl halides is 2. The van der Waals surface area contributed by atoms with E-state index < -0.39 is 36.9 Å². The molecule has 0 radical (unpaired) electrons. The highest BCUT2D eigenvalue weighted by Crippen LogP contribution is 2.35. The molecule has 0 aliphatic rings. The first-order valence-electron chi connectivity index (χ1n) is 4.31. The van der Waals surface area contributed by atoms with Crippen molar-refractivity contribution in [3.8, 4) is 5.75 Å². The molecule has 0 bridgehead atoms. The highest BCUT2D eigenvalue weighted by atomic mass is 35.7. The SMILES string of the molecule is Cc1cc(S(=O)(=O)Cl)cc([N+](=O)[O-])c1OC(F)F. The van der Waals surface area contributed by atoms with Crippen LogP contribution >= 0.6 is 10.7 Å². The van der Waals surface area contributed by atoms with Gasteiger partial charge >= 0.3 is 12.3 Å². The van der Waals surface area contributed by atoms with E-state index in [1.165, 1.54) is 6.92 Å². The van der Waals surface area contributed by atoms with E-state index in [1.54, 1.807) is 0 Å². The molecule has 18 heavy (non-hydrogen) atoms. The molecule has 0 fully saturated rings. The molecule has 0 aromatic heterocycles. The molecule has 100 valence electrons. The number of nitro groups is 1. The summed E-state index contributed by atoms with van der Waals surface area (Å²) >= 11 is 0. The lowest BCUT2D eigenvalue weighted by atomic mass is 10.2. The number of halogens is 3. The Morgan fingerprint density at radius 2 is 2.00 bits per heavy atom. The average molecular weight is 302 g/mol. The Bertz CT molecular complexity index is 589. The number of rotatable bonds is 4. The van der Waals surface area contributed by atoms with E-state index in [-0.39, 0.29) is 5.56 Å². The van der Waals surface area contributed by atoms with Gasteiger partial charge in [-0.2, -0.15) is 8.78 Å². The molecule has 0 aliphatic carbocycles. The van der Waals surface area contributed by atoms with Crippen molar-refractivity contribution in [2.75, 3.05) is 0 Å². The molecule has 10 heteroatoms. The van der Waals surface area contributed by atoms with Crippen molar-refractivity contribution < 1.29 is 26.9 Å². The minimum Gasteiger partial charge on any atom is -0.427 e. The number of hydrogen-bond acceptors (Lipinski definition) is 5. The van der Waals surface area contributed by atoms with Crippen LogP contribution < -0.4 is 4.74 Å². The number of hydrogen-bond donors (Lipinski definition) is 0. The van der Waals surface area contributed by atoms with Crippen LogP contribution in [0.2, 0.25) is 0 Å². The fourth-order valence-electron chi connectivity index (χ4n) is 1.24. The smallest absolute Gasteiger partial charge is 0.387 e. The van der Waals surface area contributed by atoms with Crippen molar-refractivity contribution in [2.24, 2.45) is 0 Å². The third kappa shape index (κ3) is 3.26. The molecule has 0 unspecified atom stereocenters. The van der Waals surface area contributed by atoms with E-state index in [1.807, 2.05) is 0 Å². The zero-order valence-corrected chi connectivity index (χ0v) is 10.3. The Balaban J connectivity index is 3.51. The van der Waals surface area contributed by atoms with E-state index in [4.69, 9.17) is 10.7 Å². The van der Waals surface area contributed by atoms with Gasteiger partial charge in [0.15, 0.2) is 0 Å². The van der Waals surface area contributed by atoms with E-state index in [9.17, 15) is 27.3 Å². The van der Waals surface area contributed by atoms with Gasteiger partial charge in [0.1, 0.15) is 0 Å². The van der Waals surface area contributed by atoms with Crippen LogP contribution in [0.25, 0.3) is 0 Å². The molecule has 1 rings (SSSR count). The van der Waals surface area contributed by atoms with Crippen LogP contribution in [0.1, 0.15) is 5.56 Å². The predicted molar refractivity (Wildman–Crippen MR) is 57.5 cm³/mol. The van der Waals surface area contributed by atoms with Crippen molar-refractivity contribution in [1.29, 1.82) is 0 Å². The second-order valence-corrected chi connectivity index (χ2v) is 5.73. The van der Waals surface area contributed by atoms with Crippen molar-refractivity contribution >= 4 is 25.4 Å². The van der Waals surface area contributed by atoms with Crippen LogP contribution in [-0.4, -0.2) is 20.0 Å². The molecule has 1 aromatic carbocycles. The molecule has 0 saturated heterocycles. The van der Waals surface area contributed by atoms with Crippen molar-refractivity contribution in [3.63, 3.8) is 0 Å². The van der Waals surface area contributed by atoms with E-state index in [0.29, 0.717) is 6.07 Å². The van der Waals surface area contributed by atoms with Crippen LogP contribution in [0.3, 0.4) is 0 Å². The highest BCUT2D eigenvalue weighted by molar-refractivity contribution is 8.13. The summed E-state index contributed by atoms with van der Waals surface area (Å²) in [6.07, 6.45) is 0. The summed E-state index contributed by atoms with van der Waals surface area (Å²) in [5.41, 5.74) is -1.03. The van der Waals surface area contributed by atoms with Gasteiger partial charge in [0.05, 0.1) is 9.82 Å².